The van der Waals surface area contributed by atoms with Crippen LogP contribution in [0.2, 0.25) is 0 Å². The number of hydrogen-bond donors (Lipinski definition) is 1. The zero-order valence-corrected chi connectivity index (χ0v) is 23.2. The fourth-order valence-electron chi connectivity index (χ4n) is 4.56. The summed E-state index contributed by atoms with van der Waals surface area (Å²) < 4.78 is 39.9. The van der Waals surface area contributed by atoms with Gasteiger partial charge in [0.25, 0.3) is 0 Å². The van der Waals surface area contributed by atoms with Crippen LogP contribution in [-0.2, 0) is 4.74 Å². The molecule has 42 heavy (non-hydrogen) atoms. The SMILES string of the molecule is C/C(=C\COc1c2occc2cc2ccc(=O)oc12)COC(C)(C)C(O)COc1c2occc2cc2ccc(=O)oc12. The maximum absolute atomic E-state index is 11.9. The molecule has 0 aliphatic carbocycles. The first-order valence-corrected chi connectivity index (χ1v) is 13.3. The van der Waals surface area contributed by atoms with E-state index < -0.39 is 23.0 Å². The summed E-state index contributed by atoms with van der Waals surface area (Å²) in [4.78, 5) is 23.7. The van der Waals surface area contributed by atoms with Crippen LogP contribution in [0.1, 0.15) is 20.8 Å². The molecule has 0 saturated carbocycles. The Balaban J connectivity index is 1.11. The monoisotopic (exact) mass is 572 g/mol. The molecule has 4 heterocycles. The first-order chi connectivity index (χ1) is 20.2. The van der Waals surface area contributed by atoms with E-state index >= 15 is 0 Å². The van der Waals surface area contributed by atoms with E-state index in [2.05, 4.69) is 0 Å². The molecule has 0 saturated heterocycles. The number of aliphatic hydroxyl groups is 1. The molecule has 0 aliphatic rings. The average Bonchev–Trinajstić information content (AvgIpc) is 3.63. The predicted molar refractivity (Wildman–Crippen MR) is 155 cm³/mol. The van der Waals surface area contributed by atoms with Crippen molar-refractivity contribution >= 4 is 43.9 Å². The van der Waals surface area contributed by atoms with Gasteiger partial charge in [-0.15, -0.1) is 0 Å². The highest BCUT2D eigenvalue weighted by Crippen LogP contribution is 2.36. The summed E-state index contributed by atoms with van der Waals surface area (Å²) in [7, 11) is 0. The van der Waals surface area contributed by atoms with Crippen LogP contribution in [0.3, 0.4) is 0 Å². The minimum Gasteiger partial charge on any atom is -0.483 e. The summed E-state index contributed by atoms with van der Waals surface area (Å²) in [5.41, 5.74) is 0.305. The molecule has 216 valence electrons. The highest BCUT2D eigenvalue weighted by atomic mass is 16.5. The molecule has 1 unspecified atom stereocenters. The Morgan fingerprint density at radius 1 is 0.810 bits per heavy atom. The lowest BCUT2D eigenvalue weighted by molar-refractivity contribution is -0.105. The summed E-state index contributed by atoms with van der Waals surface area (Å²) in [5, 5.41) is 14.0. The number of ether oxygens (including phenoxy) is 3. The van der Waals surface area contributed by atoms with E-state index in [4.69, 9.17) is 31.9 Å². The Bertz CT molecular complexity index is 2050. The molecule has 0 amide bonds. The number of furan rings is 2. The summed E-state index contributed by atoms with van der Waals surface area (Å²) in [6.45, 7) is 5.61. The second kappa shape index (κ2) is 10.9. The van der Waals surface area contributed by atoms with Gasteiger partial charge in [0, 0.05) is 33.7 Å². The van der Waals surface area contributed by atoms with Gasteiger partial charge >= 0.3 is 11.3 Å². The smallest absolute Gasteiger partial charge is 0.336 e. The number of aliphatic hydroxyl groups excluding tert-OH is 1. The number of rotatable bonds is 10. The summed E-state index contributed by atoms with van der Waals surface area (Å²) in [6, 6.07) is 13.3. The van der Waals surface area contributed by atoms with Crippen molar-refractivity contribution in [3.8, 4) is 11.5 Å². The molecule has 1 N–H and O–H groups in total. The number of hydrogen-bond acceptors (Lipinski definition) is 10. The van der Waals surface area contributed by atoms with Crippen LogP contribution in [0.25, 0.3) is 43.9 Å². The van der Waals surface area contributed by atoms with E-state index in [-0.39, 0.29) is 31.2 Å². The molecule has 6 rings (SSSR count). The molecule has 4 aromatic heterocycles. The van der Waals surface area contributed by atoms with Gasteiger partial charge in [0.1, 0.15) is 19.3 Å². The van der Waals surface area contributed by atoms with Crippen LogP contribution in [0.15, 0.2) is 100.0 Å². The quantitative estimate of drug-likeness (QED) is 0.155. The minimum absolute atomic E-state index is 0.141. The maximum atomic E-state index is 11.9. The highest BCUT2D eigenvalue weighted by Gasteiger charge is 2.30. The van der Waals surface area contributed by atoms with E-state index in [0.29, 0.717) is 27.9 Å². The molecule has 10 nitrogen and oxygen atoms in total. The Kier molecular flexibility index (Phi) is 7.09. The van der Waals surface area contributed by atoms with Crippen molar-refractivity contribution in [2.75, 3.05) is 19.8 Å². The largest absolute Gasteiger partial charge is 0.483 e. The van der Waals surface area contributed by atoms with Gasteiger partial charge < -0.3 is 37.0 Å². The Hall–Kier alpha value is -4.80. The standard InChI is InChI=1S/C32H28O10/c1-18(8-11-38-30-26-21(9-12-36-26)14-19-4-6-24(34)41-28(19)30)16-40-32(2,3)23(33)17-39-31-27-22(10-13-37-27)15-20-5-7-25(35)42-29(20)31/h4-10,12-15,23,33H,11,16-17H2,1-3H3/b18-8+. The maximum Gasteiger partial charge on any atom is 0.336 e. The van der Waals surface area contributed by atoms with Crippen molar-refractivity contribution in [2.45, 2.75) is 32.5 Å². The van der Waals surface area contributed by atoms with E-state index in [1.807, 2.05) is 31.2 Å². The van der Waals surface area contributed by atoms with Crippen molar-refractivity contribution in [2.24, 2.45) is 0 Å². The molecule has 10 heteroatoms. The Morgan fingerprint density at radius 2 is 1.33 bits per heavy atom. The molecule has 0 bridgehead atoms. The minimum atomic E-state index is -1.04. The second-order valence-corrected chi connectivity index (χ2v) is 10.5. The number of fused-ring (bicyclic) bond motifs is 4. The predicted octanol–water partition coefficient (Wildman–Crippen LogP) is 5.95. The van der Waals surface area contributed by atoms with Crippen LogP contribution in [0.5, 0.6) is 11.5 Å². The van der Waals surface area contributed by atoms with Gasteiger partial charge in [-0.25, -0.2) is 9.59 Å². The average molecular weight is 573 g/mol. The van der Waals surface area contributed by atoms with E-state index in [0.717, 1.165) is 21.7 Å². The van der Waals surface area contributed by atoms with Crippen LogP contribution in [0, 0.1) is 0 Å². The molecular formula is C32H28O10. The molecular weight excluding hydrogens is 544 g/mol. The van der Waals surface area contributed by atoms with Crippen molar-refractivity contribution in [1.29, 1.82) is 0 Å². The highest BCUT2D eigenvalue weighted by molar-refractivity contribution is 6.00. The molecule has 0 fully saturated rings. The molecule has 0 spiro atoms. The van der Waals surface area contributed by atoms with E-state index in [1.165, 1.54) is 18.4 Å². The van der Waals surface area contributed by atoms with Crippen LogP contribution in [0.4, 0.5) is 0 Å². The molecule has 0 radical (unpaired) electrons. The lowest BCUT2D eigenvalue weighted by Gasteiger charge is -2.31. The molecule has 0 aliphatic heterocycles. The molecule has 6 aromatic rings. The van der Waals surface area contributed by atoms with Gasteiger partial charge in [-0.05, 0) is 68.8 Å². The summed E-state index contributed by atoms with van der Waals surface area (Å²) in [6.07, 6.45) is 3.86. The summed E-state index contributed by atoms with van der Waals surface area (Å²) >= 11 is 0. The fraction of sp³-hybridized carbons (Fsp3) is 0.250. The Labute approximate surface area is 238 Å². The van der Waals surface area contributed by atoms with Crippen molar-refractivity contribution in [3.63, 3.8) is 0 Å². The molecule has 2 aromatic carbocycles. The van der Waals surface area contributed by atoms with Gasteiger partial charge in [0.15, 0.2) is 22.3 Å². The van der Waals surface area contributed by atoms with Gasteiger partial charge in [-0.3, -0.25) is 0 Å². The third-order valence-corrected chi connectivity index (χ3v) is 7.09. The third-order valence-electron chi connectivity index (χ3n) is 7.09. The van der Waals surface area contributed by atoms with Crippen LogP contribution < -0.4 is 20.7 Å². The van der Waals surface area contributed by atoms with Crippen LogP contribution in [-0.4, -0.2) is 36.6 Å². The molecule has 1 atom stereocenters. The lowest BCUT2D eigenvalue weighted by Crippen LogP contribution is -2.43. The lowest BCUT2D eigenvalue weighted by atomic mass is 10.0. The van der Waals surface area contributed by atoms with Crippen molar-refractivity contribution in [1.82, 2.24) is 0 Å². The fourth-order valence-corrected chi connectivity index (χ4v) is 4.56. The van der Waals surface area contributed by atoms with Crippen LogP contribution >= 0.6 is 0 Å². The van der Waals surface area contributed by atoms with Crippen molar-refractivity contribution < 1.29 is 37.0 Å². The zero-order chi connectivity index (χ0) is 29.4. The van der Waals surface area contributed by atoms with Gasteiger partial charge in [-0.2, -0.15) is 0 Å². The normalized spacial score (nSPS) is 13.4. The van der Waals surface area contributed by atoms with E-state index in [9.17, 15) is 14.7 Å². The van der Waals surface area contributed by atoms with E-state index in [1.54, 1.807) is 38.3 Å². The topological polar surface area (TPSA) is 135 Å². The Morgan fingerprint density at radius 3 is 1.90 bits per heavy atom. The van der Waals surface area contributed by atoms with Gasteiger partial charge in [0.2, 0.25) is 11.5 Å². The third kappa shape index (κ3) is 5.29. The summed E-state index contributed by atoms with van der Waals surface area (Å²) in [5.74, 6) is 0.584. The van der Waals surface area contributed by atoms with Crippen molar-refractivity contribution in [3.05, 3.63) is 93.5 Å². The zero-order valence-electron chi connectivity index (χ0n) is 23.2. The first kappa shape index (κ1) is 27.4. The second-order valence-electron chi connectivity index (χ2n) is 10.5. The van der Waals surface area contributed by atoms with Gasteiger partial charge in [-0.1, -0.05) is 0 Å². The van der Waals surface area contributed by atoms with Gasteiger partial charge in [0.05, 0.1) is 24.7 Å². The number of benzene rings is 2. The first-order valence-electron chi connectivity index (χ1n) is 13.3.